The van der Waals surface area contributed by atoms with Gasteiger partial charge in [-0.25, -0.2) is 18.6 Å². The third-order valence-electron chi connectivity index (χ3n) is 1.86. The fraction of sp³-hybridized carbons (Fsp3) is 0.222. The van der Waals surface area contributed by atoms with E-state index in [-0.39, 0.29) is 12.2 Å². The van der Waals surface area contributed by atoms with Crippen molar-refractivity contribution in [1.82, 2.24) is 4.98 Å². The van der Waals surface area contributed by atoms with Crippen LogP contribution in [0.2, 0.25) is 0 Å². The summed E-state index contributed by atoms with van der Waals surface area (Å²) in [6.07, 6.45) is -2.94. The van der Waals surface area contributed by atoms with Gasteiger partial charge >= 0.3 is 5.97 Å². The molecular weight excluding hydrogens is 220 g/mol. The highest BCUT2D eigenvalue weighted by atomic mass is 19.3. The third kappa shape index (κ3) is 2.12. The number of aromatic carboxylic acids is 1. The molecule has 0 atom stereocenters. The summed E-state index contributed by atoms with van der Waals surface area (Å²) in [5, 5.41) is 17.4. The zero-order valence-corrected chi connectivity index (χ0v) is 7.94. The molecule has 0 aromatic carbocycles. The Labute approximate surface area is 89.1 Å². The largest absolute Gasteiger partial charge is 0.476 e. The Morgan fingerprint density at radius 2 is 2.31 bits per heavy atom. The first-order valence-electron chi connectivity index (χ1n) is 4.16. The maximum atomic E-state index is 12.6. The van der Waals surface area contributed by atoms with E-state index in [1.165, 1.54) is 6.07 Å². The summed E-state index contributed by atoms with van der Waals surface area (Å²) in [7, 11) is 0. The molecule has 0 unspecified atom stereocenters. The van der Waals surface area contributed by atoms with E-state index in [0.717, 1.165) is 6.07 Å². The van der Waals surface area contributed by atoms with Crippen LogP contribution < -0.4 is 5.73 Å². The molecule has 7 heteroatoms. The van der Waals surface area contributed by atoms with E-state index < -0.39 is 29.2 Å². The number of nitrogens with zero attached hydrogens (tertiary/aromatic N) is 2. The van der Waals surface area contributed by atoms with Crippen LogP contribution in [0.5, 0.6) is 0 Å². The van der Waals surface area contributed by atoms with Gasteiger partial charge in [0.25, 0.3) is 6.43 Å². The number of hydrogen-bond acceptors (Lipinski definition) is 4. The molecule has 0 fully saturated rings. The Balaban J connectivity index is 3.54. The number of nitriles is 1. The number of carboxylic acids is 1. The number of rotatable bonds is 3. The van der Waals surface area contributed by atoms with Crippen LogP contribution in [-0.4, -0.2) is 16.1 Å². The summed E-state index contributed by atoms with van der Waals surface area (Å²) >= 11 is 0. The predicted octanol–water partition coefficient (Wildman–Crippen LogP) is 1.05. The summed E-state index contributed by atoms with van der Waals surface area (Å²) < 4.78 is 25.1. The van der Waals surface area contributed by atoms with Crippen molar-refractivity contribution in [1.29, 1.82) is 5.26 Å². The Morgan fingerprint density at radius 1 is 1.69 bits per heavy atom. The van der Waals surface area contributed by atoms with Crippen LogP contribution in [-0.2, 0) is 6.54 Å². The molecule has 1 aromatic heterocycles. The lowest BCUT2D eigenvalue weighted by Gasteiger charge is -2.07. The predicted molar refractivity (Wildman–Crippen MR) is 48.8 cm³/mol. The Kier molecular flexibility index (Phi) is 3.48. The molecule has 1 rings (SSSR count). The maximum absolute atomic E-state index is 12.6. The van der Waals surface area contributed by atoms with Gasteiger partial charge < -0.3 is 10.8 Å². The normalized spacial score (nSPS) is 10.2. The number of hydrogen-bond donors (Lipinski definition) is 2. The summed E-state index contributed by atoms with van der Waals surface area (Å²) in [5.74, 6) is -1.53. The summed E-state index contributed by atoms with van der Waals surface area (Å²) in [5.41, 5.74) is 3.23. The molecule has 5 nitrogen and oxygen atoms in total. The van der Waals surface area contributed by atoms with Gasteiger partial charge in [-0.3, -0.25) is 0 Å². The lowest BCUT2D eigenvalue weighted by atomic mass is 10.1. The van der Waals surface area contributed by atoms with Crippen LogP contribution in [0.4, 0.5) is 8.78 Å². The standard InChI is InChI=1S/C9H7F2N3O2/c10-8(11)5-1-4(2-12)14-7(9(15)16)6(5)3-13/h1,8H,2,12H2,(H,15,16). The average Bonchev–Trinajstić information content (AvgIpc) is 2.26. The van der Waals surface area contributed by atoms with Gasteiger partial charge in [-0.2, -0.15) is 5.26 Å². The summed E-state index contributed by atoms with van der Waals surface area (Å²) in [6, 6.07) is 2.35. The van der Waals surface area contributed by atoms with Gasteiger partial charge in [-0.15, -0.1) is 0 Å². The minimum Gasteiger partial charge on any atom is -0.476 e. The highest BCUT2D eigenvalue weighted by Crippen LogP contribution is 2.25. The van der Waals surface area contributed by atoms with Gasteiger partial charge in [-0.05, 0) is 6.07 Å². The van der Waals surface area contributed by atoms with Crippen molar-refractivity contribution in [2.24, 2.45) is 5.73 Å². The number of alkyl halides is 2. The van der Waals surface area contributed by atoms with E-state index in [0.29, 0.717) is 0 Å². The SMILES string of the molecule is N#Cc1c(C(F)F)cc(CN)nc1C(=O)O. The number of pyridine rings is 1. The quantitative estimate of drug-likeness (QED) is 0.803. The molecule has 84 valence electrons. The molecule has 0 radical (unpaired) electrons. The van der Waals surface area contributed by atoms with Crippen LogP contribution in [0, 0.1) is 11.3 Å². The van der Waals surface area contributed by atoms with Crippen LogP contribution in [0.25, 0.3) is 0 Å². The molecule has 0 aliphatic rings. The summed E-state index contributed by atoms with van der Waals surface area (Å²) in [6.45, 7) is -0.175. The average molecular weight is 227 g/mol. The molecule has 1 heterocycles. The van der Waals surface area contributed by atoms with Crippen LogP contribution in [0.15, 0.2) is 6.07 Å². The monoisotopic (exact) mass is 227 g/mol. The first-order valence-corrected chi connectivity index (χ1v) is 4.16. The van der Waals surface area contributed by atoms with E-state index in [4.69, 9.17) is 16.1 Å². The molecule has 0 aliphatic carbocycles. The number of aromatic nitrogens is 1. The highest BCUT2D eigenvalue weighted by Gasteiger charge is 2.22. The van der Waals surface area contributed by atoms with E-state index >= 15 is 0 Å². The second kappa shape index (κ2) is 4.63. The second-order valence-electron chi connectivity index (χ2n) is 2.85. The smallest absolute Gasteiger partial charge is 0.355 e. The van der Waals surface area contributed by atoms with E-state index in [1.807, 2.05) is 0 Å². The zero-order valence-electron chi connectivity index (χ0n) is 7.94. The Morgan fingerprint density at radius 3 is 2.69 bits per heavy atom. The molecule has 0 saturated carbocycles. The molecule has 0 spiro atoms. The van der Waals surface area contributed by atoms with Gasteiger partial charge in [0.1, 0.15) is 6.07 Å². The van der Waals surface area contributed by atoms with Crippen molar-refractivity contribution >= 4 is 5.97 Å². The Bertz CT molecular complexity index is 469. The fourth-order valence-corrected chi connectivity index (χ4v) is 1.17. The van der Waals surface area contributed by atoms with Crippen LogP contribution in [0.1, 0.15) is 33.7 Å². The second-order valence-corrected chi connectivity index (χ2v) is 2.85. The molecule has 1 aromatic rings. The van der Waals surface area contributed by atoms with Crippen molar-refractivity contribution in [2.45, 2.75) is 13.0 Å². The molecule has 0 bridgehead atoms. The lowest BCUT2D eigenvalue weighted by molar-refractivity contribution is 0.0689. The van der Waals surface area contributed by atoms with Crippen molar-refractivity contribution in [3.8, 4) is 6.07 Å². The van der Waals surface area contributed by atoms with Crippen molar-refractivity contribution < 1.29 is 18.7 Å². The molecule has 3 N–H and O–H groups in total. The molecule has 0 aliphatic heterocycles. The molecule has 0 amide bonds. The first-order chi connectivity index (χ1) is 7.51. The first kappa shape index (κ1) is 12.0. The van der Waals surface area contributed by atoms with Gasteiger partial charge in [0, 0.05) is 12.1 Å². The van der Waals surface area contributed by atoms with Crippen molar-refractivity contribution in [2.75, 3.05) is 0 Å². The maximum Gasteiger partial charge on any atom is 0.355 e. The van der Waals surface area contributed by atoms with Gasteiger partial charge in [0.2, 0.25) is 0 Å². The van der Waals surface area contributed by atoms with Crippen molar-refractivity contribution in [3.63, 3.8) is 0 Å². The number of halogens is 2. The Hall–Kier alpha value is -2.07. The topological polar surface area (TPSA) is 100 Å². The highest BCUT2D eigenvalue weighted by molar-refractivity contribution is 5.88. The minimum absolute atomic E-state index is 0.00620. The molecular formula is C9H7F2N3O2. The summed E-state index contributed by atoms with van der Waals surface area (Å²) in [4.78, 5) is 14.2. The molecule has 16 heavy (non-hydrogen) atoms. The number of carboxylic acid groups (broad SMARTS) is 1. The number of nitrogens with two attached hydrogens (primary N) is 1. The van der Waals surface area contributed by atoms with Gasteiger partial charge in [0.15, 0.2) is 5.69 Å². The minimum atomic E-state index is -2.94. The third-order valence-corrected chi connectivity index (χ3v) is 1.86. The van der Waals surface area contributed by atoms with Crippen LogP contribution in [0.3, 0.4) is 0 Å². The fourth-order valence-electron chi connectivity index (χ4n) is 1.17. The zero-order chi connectivity index (χ0) is 12.3. The van der Waals surface area contributed by atoms with E-state index in [9.17, 15) is 13.6 Å². The van der Waals surface area contributed by atoms with Gasteiger partial charge in [0.05, 0.1) is 11.3 Å². The number of carbonyl (C=O) groups is 1. The van der Waals surface area contributed by atoms with Crippen molar-refractivity contribution in [3.05, 3.63) is 28.6 Å². The van der Waals surface area contributed by atoms with E-state index in [2.05, 4.69) is 4.98 Å². The lowest BCUT2D eigenvalue weighted by Crippen LogP contribution is -2.12. The van der Waals surface area contributed by atoms with E-state index in [1.54, 1.807) is 0 Å². The molecule has 0 saturated heterocycles. The van der Waals surface area contributed by atoms with Gasteiger partial charge in [-0.1, -0.05) is 0 Å². The van der Waals surface area contributed by atoms with Crippen LogP contribution >= 0.6 is 0 Å².